The Hall–Kier alpha value is -1.14. The second kappa shape index (κ2) is 6.96. The Morgan fingerprint density at radius 3 is 2.27 bits per heavy atom. The maximum absolute atomic E-state index is 9.67. The van der Waals surface area contributed by atoms with Crippen molar-refractivity contribution < 1.29 is 9.84 Å². The molecule has 2 aromatic rings. The number of aliphatic hydroxyl groups excluding tert-OH is 1. The summed E-state index contributed by atoms with van der Waals surface area (Å²) in [6.45, 7) is 2.06. The first-order chi connectivity index (χ1) is 10.4. The lowest BCUT2D eigenvalue weighted by atomic mass is 10.3. The number of nitrogens with zero attached hydrogens (tertiary/aromatic N) is 3. The van der Waals surface area contributed by atoms with E-state index in [1.807, 2.05) is 25.9 Å². The molecule has 0 aliphatic heterocycles. The van der Waals surface area contributed by atoms with Crippen LogP contribution in [0.15, 0.2) is 12.1 Å². The second-order valence-corrected chi connectivity index (χ2v) is 5.97. The molecule has 8 heteroatoms. The summed E-state index contributed by atoms with van der Waals surface area (Å²) in [5.74, 6) is 0.979. The van der Waals surface area contributed by atoms with Crippen molar-refractivity contribution >= 4 is 40.6 Å². The summed E-state index contributed by atoms with van der Waals surface area (Å²) in [6, 6.07) is 3.18. The lowest BCUT2D eigenvalue weighted by molar-refractivity contribution is 0.265. The largest absolute Gasteiger partial charge is 0.477 e. The van der Waals surface area contributed by atoms with Crippen LogP contribution in [0.3, 0.4) is 0 Å². The van der Waals surface area contributed by atoms with Crippen LogP contribution in [0.5, 0.6) is 5.88 Å². The van der Waals surface area contributed by atoms with E-state index in [1.165, 1.54) is 0 Å². The molecule has 2 rings (SSSR count). The molecule has 0 aliphatic carbocycles. The second-order valence-electron chi connectivity index (χ2n) is 4.72. The van der Waals surface area contributed by atoms with E-state index in [1.54, 1.807) is 16.8 Å². The molecule has 0 fully saturated rings. The minimum absolute atomic E-state index is 0.217. The lowest BCUT2D eigenvalue weighted by Gasteiger charge is -2.18. The molecule has 1 N–H and O–H groups in total. The quantitative estimate of drug-likeness (QED) is 0.877. The fraction of sp³-hybridized carbons (Fsp3) is 0.357. The fourth-order valence-corrected chi connectivity index (χ4v) is 3.14. The van der Waals surface area contributed by atoms with Gasteiger partial charge in [-0.1, -0.05) is 34.8 Å². The third-order valence-electron chi connectivity index (χ3n) is 2.98. The number of hydrogen-bond acceptors (Lipinski definition) is 4. The van der Waals surface area contributed by atoms with E-state index < -0.39 is 0 Å². The maximum atomic E-state index is 9.67. The van der Waals surface area contributed by atoms with Gasteiger partial charge in [-0.15, -0.1) is 5.10 Å². The third-order valence-corrected chi connectivity index (χ3v) is 3.77. The van der Waals surface area contributed by atoms with Gasteiger partial charge in [-0.25, -0.2) is 4.68 Å². The Balaban J connectivity index is 2.75. The number of anilines is 1. The first-order valence-electron chi connectivity index (χ1n) is 6.58. The van der Waals surface area contributed by atoms with E-state index in [0.29, 0.717) is 44.6 Å². The first-order valence-corrected chi connectivity index (χ1v) is 7.71. The van der Waals surface area contributed by atoms with E-state index >= 15 is 0 Å². The number of ether oxygens (including phenoxy) is 1. The number of aromatic nitrogens is 2. The van der Waals surface area contributed by atoms with Crippen LogP contribution < -0.4 is 9.64 Å². The van der Waals surface area contributed by atoms with E-state index in [4.69, 9.17) is 39.5 Å². The predicted octanol–water partition coefficient (Wildman–Crippen LogP) is 3.79. The van der Waals surface area contributed by atoms with Gasteiger partial charge >= 0.3 is 0 Å². The number of halogens is 3. The summed E-state index contributed by atoms with van der Waals surface area (Å²) >= 11 is 18.5. The van der Waals surface area contributed by atoms with Gasteiger partial charge in [-0.2, -0.15) is 0 Å². The molecular formula is C14H16Cl3N3O2. The van der Waals surface area contributed by atoms with Crippen molar-refractivity contribution in [2.24, 2.45) is 0 Å². The molecule has 0 unspecified atom stereocenters. The number of benzene rings is 1. The van der Waals surface area contributed by atoms with Gasteiger partial charge in [0.05, 0.1) is 28.8 Å². The molecule has 0 saturated carbocycles. The molecule has 0 radical (unpaired) electrons. The Labute approximate surface area is 143 Å². The maximum Gasteiger partial charge on any atom is 0.241 e. The highest BCUT2D eigenvalue weighted by molar-refractivity contribution is 6.40. The molecule has 22 heavy (non-hydrogen) atoms. The topological polar surface area (TPSA) is 50.5 Å². The third kappa shape index (κ3) is 3.13. The highest BCUT2D eigenvalue weighted by Gasteiger charge is 2.24. The zero-order chi connectivity index (χ0) is 16.4. The fourth-order valence-electron chi connectivity index (χ4n) is 2.17. The molecular weight excluding hydrogens is 349 g/mol. The average molecular weight is 365 g/mol. The van der Waals surface area contributed by atoms with Crippen LogP contribution in [0.1, 0.15) is 12.5 Å². The number of rotatable bonds is 5. The highest BCUT2D eigenvalue weighted by Crippen LogP contribution is 2.38. The van der Waals surface area contributed by atoms with Crippen molar-refractivity contribution in [1.29, 1.82) is 0 Å². The molecule has 0 bridgehead atoms. The molecule has 5 nitrogen and oxygen atoms in total. The van der Waals surface area contributed by atoms with Gasteiger partial charge in [0.25, 0.3) is 0 Å². The Kier molecular flexibility index (Phi) is 5.45. The summed E-state index contributed by atoms with van der Waals surface area (Å²) in [6.07, 6.45) is 0. The van der Waals surface area contributed by atoms with Gasteiger partial charge in [0.1, 0.15) is 11.5 Å². The Morgan fingerprint density at radius 2 is 1.82 bits per heavy atom. The van der Waals surface area contributed by atoms with Gasteiger partial charge in [-0.05, 0) is 19.1 Å². The molecule has 0 saturated heterocycles. The van der Waals surface area contributed by atoms with Gasteiger partial charge < -0.3 is 14.7 Å². The van der Waals surface area contributed by atoms with Crippen molar-refractivity contribution in [2.75, 3.05) is 25.6 Å². The highest BCUT2D eigenvalue weighted by atomic mass is 35.5. The molecule has 0 atom stereocenters. The van der Waals surface area contributed by atoms with Crippen LogP contribution in [-0.4, -0.2) is 35.6 Å². The summed E-state index contributed by atoms with van der Waals surface area (Å²) in [5.41, 5.74) is 1.05. The van der Waals surface area contributed by atoms with Crippen LogP contribution >= 0.6 is 34.8 Å². The molecule has 1 aromatic heterocycles. The molecule has 0 spiro atoms. The standard InChI is InChI=1S/C14H16Cl3N3O2/c1-4-22-13-9(7-21)14(19(2)3)20(18-13)12-10(16)5-8(15)6-11(12)17/h5-6,21H,4,7H2,1-3H3. The van der Waals surface area contributed by atoms with Crippen LogP contribution in [0, 0.1) is 0 Å². The SMILES string of the molecule is CCOc1nn(-c2c(Cl)cc(Cl)cc2Cl)c(N(C)C)c1CO. The Morgan fingerprint density at radius 1 is 1.23 bits per heavy atom. The smallest absolute Gasteiger partial charge is 0.241 e. The van der Waals surface area contributed by atoms with E-state index in [0.717, 1.165) is 0 Å². The van der Waals surface area contributed by atoms with Crippen molar-refractivity contribution in [2.45, 2.75) is 13.5 Å². The minimum atomic E-state index is -0.217. The summed E-state index contributed by atoms with van der Waals surface area (Å²) in [7, 11) is 3.67. The first kappa shape index (κ1) is 17.2. The van der Waals surface area contributed by atoms with E-state index in [2.05, 4.69) is 5.10 Å². The molecule has 1 aromatic carbocycles. The van der Waals surface area contributed by atoms with Gasteiger partial charge in [-0.3, -0.25) is 0 Å². The van der Waals surface area contributed by atoms with Crippen LogP contribution in [0.4, 0.5) is 5.82 Å². The molecule has 0 amide bonds. The number of aliphatic hydroxyl groups is 1. The van der Waals surface area contributed by atoms with Gasteiger partial charge in [0.2, 0.25) is 5.88 Å². The summed E-state index contributed by atoms with van der Waals surface area (Å²) in [5, 5.41) is 15.2. The number of hydrogen-bond donors (Lipinski definition) is 1. The lowest BCUT2D eigenvalue weighted by Crippen LogP contribution is -2.16. The molecule has 1 heterocycles. The van der Waals surface area contributed by atoms with Crippen LogP contribution in [0.25, 0.3) is 5.69 Å². The molecule has 0 aliphatic rings. The van der Waals surface area contributed by atoms with Crippen LogP contribution in [-0.2, 0) is 6.61 Å². The molecule has 120 valence electrons. The van der Waals surface area contributed by atoms with Gasteiger partial charge in [0.15, 0.2) is 0 Å². The summed E-state index contributed by atoms with van der Waals surface area (Å²) in [4.78, 5) is 1.81. The van der Waals surface area contributed by atoms with Crippen molar-refractivity contribution in [3.05, 3.63) is 32.8 Å². The Bertz CT molecular complexity index is 663. The summed E-state index contributed by atoms with van der Waals surface area (Å²) < 4.78 is 7.05. The van der Waals surface area contributed by atoms with E-state index in [-0.39, 0.29) is 6.61 Å². The van der Waals surface area contributed by atoms with Crippen LogP contribution in [0.2, 0.25) is 15.1 Å². The average Bonchev–Trinajstić information content (AvgIpc) is 2.76. The normalized spacial score (nSPS) is 10.9. The monoisotopic (exact) mass is 363 g/mol. The van der Waals surface area contributed by atoms with Crippen molar-refractivity contribution in [3.8, 4) is 11.6 Å². The minimum Gasteiger partial charge on any atom is -0.477 e. The van der Waals surface area contributed by atoms with Gasteiger partial charge in [0, 0.05) is 19.1 Å². The van der Waals surface area contributed by atoms with Crippen molar-refractivity contribution in [3.63, 3.8) is 0 Å². The predicted molar refractivity (Wildman–Crippen MR) is 90.0 cm³/mol. The van der Waals surface area contributed by atoms with E-state index in [9.17, 15) is 5.11 Å². The van der Waals surface area contributed by atoms with Crippen molar-refractivity contribution in [1.82, 2.24) is 9.78 Å². The zero-order valence-electron chi connectivity index (χ0n) is 12.4. The zero-order valence-corrected chi connectivity index (χ0v) is 14.7.